The molecule has 0 aromatic heterocycles. The number of rotatable bonds is 3. The molecule has 2 nitrogen and oxygen atoms in total. The summed E-state index contributed by atoms with van der Waals surface area (Å²) in [7, 11) is 3.93. The fourth-order valence-electron chi connectivity index (χ4n) is 1.94. The van der Waals surface area contributed by atoms with E-state index in [0.717, 1.165) is 11.3 Å². The van der Waals surface area contributed by atoms with E-state index in [4.69, 9.17) is 5.73 Å². The first kappa shape index (κ1) is 14.0. The van der Waals surface area contributed by atoms with Gasteiger partial charge in [-0.2, -0.15) is 0 Å². The van der Waals surface area contributed by atoms with E-state index in [9.17, 15) is 4.39 Å². The summed E-state index contributed by atoms with van der Waals surface area (Å²) in [5.41, 5.74) is 8.60. The highest BCUT2D eigenvalue weighted by Crippen LogP contribution is 2.28. The minimum atomic E-state index is -0.475. The van der Waals surface area contributed by atoms with Crippen LogP contribution in [0.4, 0.5) is 10.1 Å². The van der Waals surface area contributed by atoms with E-state index in [1.54, 1.807) is 18.2 Å². The summed E-state index contributed by atoms with van der Waals surface area (Å²) in [4.78, 5) is 1.99. The van der Waals surface area contributed by atoms with Gasteiger partial charge in [-0.15, -0.1) is 0 Å². The summed E-state index contributed by atoms with van der Waals surface area (Å²) in [6.07, 6.45) is 0. The Bertz CT molecular complexity index is 584. The van der Waals surface area contributed by atoms with Crippen molar-refractivity contribution >= 4 is 21.6 Å². The van der Waals surface area contributed by atoms with Crippen LogP contribution in [-0.2, 0) is 0 Å². The van der Waals surface area contributed by atoms with E-state index in [1.165, 1.54) is 0 Å². The highest BCUT2D eigenvalue weighted by Gasteiger charge is 2.15. The molecule has 1 atom stereocenters. The Kier molecular flexibility index (Phi) is 4.22. The fraction of sp³-hybridized carbons (Fsp3) is 0.200. The fourth-order valence-corrected chi connectivity index (χ4v) is 2.32. The van der Waals surface area contributed by atoms with Gasteiger partial charge in [-0.25, -0.2) is 4.39 Å². The molecule has 0 radical (unpaired) electrons. The van der Waals surface area contributed by atoms with Gasteiger partial charge in [0.1, 0.15) is 5.82 Å². The number of anilines is 1. The zero-order chi connectivity index (χ0) is 14.0. The minimum Gasteiger partial charge on any atom is -0.378 e. The molecule has 0 bridgehead atoms. The molecule has 0 aliphatic carbocycles. The molecule has 0 spiro atoms. The molecule has 19 heavy (non-hydrogen) atoms. The smallest absolute Gasteiger partial charge is 0.142 e. The van der Waals surface area contributed by atoms with Crippen LogP contribution in [0.5, 0.6) is 0 Å². The van der Waals surface area contributed by atoms with Crippen molar-refractivity contribution in [1.29, 1.82) is 0 Å². The number of hydrogen-bond donors (Lipinski definition) is 1. The predicted molar refractivity (Wildman–Crippen MR) is 80.9 cm³/mol. The maximum absolute atomic E-state index is 14.1. The molecular weight excluding hydrogens is 307 g/mol. The standard InChI is InChI=1S/C15H16BrFN2/c1-19(2)11-6-3-5-10(9-11)15(18)12-7-4-8-13(16)14(12)17/h3-9,15H,18H2,1-2H3. The highest BCUT2D eigenvalue weighted by atomic mass is 79.9. The molecule has 100 valence electrons. The van der Waals surface area contributed by atoms with Gasteiger partial charge in [-0.05, 0) is 39.7 Å². The molecule has 0 heterocycles. The second-order valence-corrected chi connectivity index (χ2v) is 5.46. The molecule has 0 saturated carbocycles. The van der Waals surface area contributed by atoms with Gasteiger partial charge >= 0.3 is 0 Å². The topological polar surface area (TPSA) is 29.3 Å². The molecule has 0 aliphatic rings. The summed E-state index contributed by atoms with van der Waals surface area (Å²) >= 11 is 3.19. The summed E-state index contributed by atoms with van der Waals surface area (Å²) in [5, 5.41) is 0. The molecule has 2 aromatic carbocycles. The largest absolute Gasteiger partial charge is 0.378 e. The first-order valence-electron chi connectivity index (χ1n) is 5.97. The van der Waals surface area contributed by atoms with Crippen LogP contribution in [0.2, 0.25) is 0 Å². The molecule has 0 amide bonds. The molecule has 4 heteroatoms. The lowest BCUT2D eigenvalue weighted by Crippen LogP contribution is -2.15. The number of benzene rings is 2. The third kappa shape index (κ3) is 2.96. The monoisotopic (exact) mass is 322 g/mol. The van der Waals surface area contributed by atoms with Crippen molar-refractivity contribution in [3.05, 3.63) is 63.9 Å². The quantitative estimate of drug-likeness (QED) is 0.933. The molecule has 0 fully saturated rings. The molecule has 2 N–H and O–H groups in total. The van der Waals surface area contributed by atoms with Crippen LogP contribution >= 0.6 is 15.9 Å². The summed E-state index contributed by atoms with van der Waals surface area (Å²) in [6, 6.07) is 12.5. The first-order chi connectivity index (χ1) is 9.00. The number of hydrogen-bond acceptors (Lipinski definition) is 2. The van der Waals surface area contributed by atoms with Crippen LogP contribution < -0.4 is 10.6 Å². The zero-order valence-electron chi connectivity index (χ0n) is 10.9. The van der Waals surface area contributed by atoms with E-state index in [0.29, 0.717) is 10.0 Å². The average Bonchev–Trinajstić information content (AvgIpc) is 2.41. The van der Waals surface area contributed by atoms with Crippen LogP contribution in [-0.4, -0.2) is 14.1 Å². The average molecular weight is 323 g/mol. The molecule has 2 rings (SSSR count). The normalized spacial score (nSPS) is 12.3. The van der Waals surface area contributed by atoms with Crippen molar-refractivity contribution in [2.45, 2.75) is 6.04 Å². The van der Waals surface area contributed by atoms with Gasteiger partial charge in [-0.3, -0.25) is 0 Å². The second kappa shape index (κ2) is 5.72. The Morgan fingerprint density at radius 1 is 1.16 bits per heavy atom. The van der Waals surface area contributed by atoms with Crippen molar-refractivity contribution in [3.8, 4) is 0 Å². The Hall–Kier alpha value is -1.39. The SMILES string of the molecule is CN(C)c1cccc(C(N)c2cccc(Br)c2F)c1. The van der Waals surface area contributed by atoms with Crippen molar-refractivity contribution in [2.75, 3.05) is 19.0 Å². The van der Waals surface area contributed by atoms with Gasteiger partial charge < -0.3 is 10.6 Å². The van der Waals surface area contributed by atoms with Crippen LogP contribution in [0, 0.1) is 5.82 Å². The van der Waals surface area contributed by atoms with E-state index < -0.39 is 6.04 Å². The van der Waals surface area contributed by atoms with Gasteiger partial charge in [0.2, 0.25) is 0 Å². The molecular formula is C15H16BrFN2. The van der Waals surface area contributed by atoms with E-state index >= 15 is 0 Å². The highest BCUT2D eigenvalue weighted by molar-refractivity contribution is 9.10. The second-order valence-electron chi connectivity index (χ2n) is 4.61. The lowest BCUT2D eigenvalue weighted by molar-refractivity contribution is 0.593. The van der Waals surface area contributed by atoms with Crippen LogP contribution in [0.1, 0.15) is 17.2 Å². The van der Waals surface area contributed by atoms with Gasteiger partial charge in [0.15, 0.2) is 0 Å². The Morgan fingerprint density at radius 3 is 2.53 bits per heavy atom. The van der Waals surface area contributed by atoms with E-state index in [-0.39, 0.29) is 5.82 Å². The third-order valence-corrected chi connectivity index (χ3v) is 3.67. The Morgan fingerprint density at radius 2 is 1.84 bits per heavy atom. The van der Waals surface area contributed by atoms with E-state index in [2.05, 4.69) is 15.9 Å². The van der Waals surface area contributed by atoms with E-state index in [1.807, 2.05) is 43.3 Å². The van der Waals surface area contributed by atoms with Crippen molar-refractivity contribution in [1.82, 2.24) is 0 Å². The van der Waals surface area contributed by atoms with Crippen LogP contribution in [0.25, 0.3) is 0 Å². The number of nitrogens with two attached hydrogens (primary N) is 1. The summed E-state index contributed by atoms with van der Waals surface area (Å²) in [5.74, 6) is -0.301. The zero-order valence-corrected chi connectivity index (χ0v) is 12.5. The van der Waals surface area contributed by atoms with Crippen molar-refractivity contribution in [2.24, 2.45) is 5.73 Å². The summed E-state index contributed by atoms with van der Waals surface area (Å²) in [6.45, 7) is 0. The summed E-state index contributed by atoms with van der Waals surface area (Å²) < 4.78 is 14.5. The lowest BCUT2D eigenvalue weighted by atomic mass is 9.98. The van der Waals surface area contributed by atoms with Crippen LogP contribution in [0.3, 0.4) is 0 Å². The Labute approximate surface area is 121 Å². The van der Waals surface area contributed by atoms with Crippen molar-refractivity contribution < 1.29 is 4.39 Å². The molecule has 2 aromatic rings. The minimum absolute atomic E-state index is 0.301. The Balaban J connectivity index is 2.41. The molecule has 0 saturated heterocycles. The first-order valence-corrected chi connectivity index (χ1v) is 6.77. The predicted octanol–water partition coefficient (Wildman–Crippen LogP) is 3.70. The number of nitrogens with zero attached hydrogens (tertiary/aromatic N) is 1. The lowest BCUT2D eigenvalue weighted by Gasteiger charge is -2.18. The van der Waals surface area contributed by atoms with Gasteiger partial charge in [-0.1, -0.05) is 24.3 Å². The van der Waals surface area contributed by atoms with Crippen molar-refractivity contribution in [3.63, 3.8) is 0 Å². The van der Waals surface area contributed by atoms with Crippen LogP contribution in [0.15, 0.2) is 46.9 Å². The third-order valence-electron chi connectivity index (χ3n) is 3.06. The molecule has 1 unspecified atom stereocenters. The van der Waals surface area contributed by atoms with Gasteiger partial charge in [0.05, 0.1) is 10.5 Å². The number of halogens is 2. The maximum Gasteiger partial charge on any atom is 0.142 e. The van der Waals surface area contributed by atoms with Gasteiger partial charge in [0.25, 0.3) is 0 Å². The molecule has 0 aliphatic heterocycles. The maximum atomic E-state index is 14.1. The van der Waals surface area contributed by atoms with Gasteiger partial charge in [0, 0.05) is 25.3 Å².